The predicted octanol–water partition coefficient (Wildman–Crippen LogP) is 0.912. The maximum atomic E-state index is 12.3. The molecule has 0 aromatic heterocycles. The minimum Gasteiger partial charge on any atom is -0.341 e. The van der Waals surface area contributed by atoms with E-state index in [9.17, 15) is 4.79 Å². The van der Waals surface area contributed by atoms with Gasteiger partial charge in [0.1, 0.15) is 6.04 Å². The number of hydrogen-bond donors (Lipinski definition) is 1. The first-order valence-corrected chi connectivity index (χ1v) is 6.68. The van der Waals surface area contributed by atoms with Crippen LogP contribution in [0.15, 0.2) is 0 Å². The van der Waals surface area contributed by atoms with Gasteiger partial charge in [0, 0.05) is 25.7 Å². The van der Waals surface area contributed by atoms with Crippen molar-refractivity contribution in [3.8, 4) is 0 Å². The molecule has 2 unspecified atom stereocenters. The molecule has 1 amide bonds. The second kappa shape index (κ2) is 6.36. The average molecular weight is 241 g/mol. The van der Waals surface area contributed by atoms with E-state index in [2.05, 4.69) is 25.7 Å². The van der Waals surface area contributed by atoms with Gasteiger partial charge in [-0.05, 0) is 32.7 Å². The van der Waals surface area contributed by atoms with Crippen LogP contribution >= 0.6 is 0 Å². The van der Waals surface area contributed by atoms with Crippen LogP contribution in [0.1, 0.15) is 33.6 Å². The highest BCUT2D eigenvalue weighted by Gasteiger charge is 2.32. The van der Waals surface area contributed by atoms with Gasteiger partial charge in [-0.1, -0.05) is 13.8 Å². The molecule has 0 aromatic carbocycles. The predicted molar refractivity (Wildman–Crippen MR) is 70.7 cm³/mol. The third-order valence-corrected chi connectivity index (χ3v) is 3.80. The van der Waals surface area contributed by atoms with E-state index in [1.54, 1.807) is 0 Å². The highest BCUT2D eigenvalue weighted by Crippen LogP contribution is 2.16. The molecule has 1 heterocycles. The fraction of sp³-hybridized carbons (Fsp3) is 0.923. The van der Waals surface area contributed by atoms with Crippen molar-refractivity contribution in [2.75, 3.05) is 26.7 Å². The number of rotatable bonds is 4. The van der Waals surface area contributed by atoms with Crippen molar-refractivity contribution in [1.82, 2.24) is 9.80 Å². The van der Waals surface area contributed by atoms with Gasteiger partial charge >= 0.3 is 0 Å². The highest BCUT2D eigenvalue weighted by atomic mass is 16.2. The van der Waals surface area contributed by atoms with E-state index < -0.39 is 0 Å². The van der Waals surface area contributed by atoms with Gasteiger partial charge in [-0.3, -0.25) is 9.69 Å². The summed E-state index contributed by atoms with van der Waals surface area (Å²) in [4.78, 5) is 16.5. The van der Waals surface area contributed by atoms with Crippen LogP contribution < -0.4 is 5.73 Å². The summed E-state index contributed by atoms with van der Waals surface area (Å²) in [5, 5.41) is 0. The number of nitrogens with two attached hydrogens (primary N) is 1. The summed E-state index contributed by atoms with van der Waals surface area (Å²) in [6.45, 7) is 8.70. The van der Waals surface area contributed by atoms with Gasteiger partial charge in [-0.25, -0.2) is 0 Å². The molecule has 100 valence electrons. The van der Waals surface area contributed by atoms with Crippen molar-refractivity contribution in [2.24, 2.45) is 11.7 Å². The van der Waals surface area contributed by atoms with E-state index in [4.69, 9.17) is 5.73 Å². The van der Waals surface area contributed by atoms with Gasteiger partial charge in [-0.15, -0.1) is 0 Å². The Morgan fingerprint density at radius 1 is 1.47 bits per heavy atom. The van der Waals surface area contributed by atoms with Crippen LogP contribution in [0, 0.1) is 5.92 Å². The van der Waals surface area contributed by atoms with E-state index in [1.807, 2.05) is 11.9 Å². The van der Waals surface area contributed by atoms with Crippen molar-refractivity contribution in [3.63, 3.8) is 0 Å². The second-order valence-electron chi connectivity index (χ2n) is 5.56. The number of carbonyl (C=O) groups excluding carboxylic acids is 1. The van der Waals surface area contributed by atoms with Crippen molar-refractivity contribution >= 4 is 5.91 Å². The van der Waals surface area contributed by atoms with Crippen molar-refractivity contribution in [1.29, 1.82) is 0 Å². The molecule has 1 aliphatic heterocycles. The monoisotopic (exact) mass is 241 g/mol. The molecule has 4 heteroatoms. The minimum atomic E-state index is -0.139. The highest BCUT2D eigenvalue weighted by molar-refractivity contribution is 5.82. The Balaban J connectivity index is 2.69. The zero-order chi connectivity index (χ0) is 13.0. The molecule has 1 rings (SSSR count). The Morgan fingerprint density at radius 3 is 2.65 bits per heavy atom. The maximum Gasteiger partial charge on any atom is 0.241 e. The molecule has 0 saturated carbocycles. The van der Waals surface area contributed by atoms with E-state index in [0.717, 1.165) is 25.9 Å². The standard InChI is InChI=1S/C13H27N3O/c1-10(2)5-7-16-8-6-11(3)15(4)12(9-14)13(16)17/h10-12H,5-9,14H2,1-4H3. The number of hydrogen-bond acceptors (Lipinski definition) is 3. The zero-order valence-electron chi connectivity index (χ0n) is 11.6. The lowest BCUT2D eigenvalue weighted by molar-refractivity contribution is -0.135. The molecule has 0 radical (unpaired) electrons. The molecule has 0 aromatic rings. The molecule has 4 nitrogen and oxygen atoms in total. The van der Waals surface area contributed by atoms with Gasteiger partial charge in [0.05, 0.1) is 0 Å². The third kappa shape index (κ3) is 3.68. The lowest BCUT2D eigenvalue weighted by atomic mass is 10.1. The largest absolute Gasteiger partial charge is 0.341 e. The van der Waals surface area contributed by atoms with E-state index in [0.29, 0.717) is 18.5 Å². The molecule has 1 fully saturated rings. The zero-order valence-corrected chi connectivity index (χ0v) is 11.6. The molecular formula is C13H27N3O. The van der Waals surface area contributed by atoms with Crippen molar-refractivity contribution in [2.45, 2.75) is 45.7 Å². The number of nitrogens with zero attached hydrogens (tertiary/aromatic N) is 2. The van der Waals surface area contributed by atoms with Crippen molar-refractivity contribution in [3.05, 3.63) is 0 Å². The van der Waals surface area contributed by atoms with Crippen LogP contribution in [-0.4, -0.2) is 54.5 Å². The van der Waals surface area contributed by atoms with Gasteiger partial charge < -0.3 is 10.6 Å². The molecular weight excluding hydrogens is 214 g/mol. The molecule has 1 aliphatic rings. The van der Waals surface area contributed by atoms with Crippen LogP contribution in [-0.2, 0) is 4.79 Å². The minimum absolute atomic E-state index is 0.139. The Hall–Kier alpha value is -0.610. The molecule has 0 spiro atoms. The van der Waals surface area contributed by atoms with E-state index in [1.165, 1.54) is 0 Å². The Labute approximate surface area is 105 Å². The quantitative estimate of drug-likeness (QED) is 0.796. The number of amides is 1. The summed E-state index contributed by atoms with van der Waals surface area (Å²) in [6, 6.07) is 0.288. The lowest BCUT2D eigenvalue weighted by Crippen LogP contribution is -2.50. The Bertz CT molecular complexity index is 253. The first-order valence-electron chi connectivity index (χ1n) is 6.68. The smallest absolute Gasteiger partial charge is 0.241 e. The Kier molecular flexibility index (Phi) is 5.40. The lowest BCUT2D eigenvalue weighted by Gasteiger charge is -2.29. The molecule has 0 bridgehead atoms. The molecule has 2 N–H and O–H groups in total. The van der Waals surface area contributed by atoms with Crippen LogP contribution in [0.25, 0.3) is 0 Å². The fourth-order valence-electron chi connectivity index (χ4n) is 2.25. The van der Waals surface area contributed by atoms with E-state index >= 15 is 0 Å². The summed E-state index contributed by atoms with van der Waals surface area (Å²) in [5.74, 6) is 0.845. The van der Waals surface area contributed by atoms with Crippen LogP contribution in [0.5, 0.6) is 0 Å². The number of carbonyl (C=O) groups is 1. The van der Waals surface area contributed by atoms with Gasteiger partial charge in [0.25, 0.3) is 0 Å². The molecule has 0 aliphatic carbocycles. The van der Waals surface area contributed by atoms with Crippen molar-refractivity contribution < 1.29 is 4.79 Å². The second-order valence-corrected chi connectivity index (χ2v) is 5.56. The normalized spacial score (nSPS) is 27.6. The topological polar surface area (TPSA) is 49.6 Å². The first kappa shape index (κ1) is 14.5. The summed E-state index contributed by atoms with van der Waals surface area (Å²) in [7, 11) is 2.01. The van der Waals surface area contributed by atoms with Gasteiger partial charge in [0.15, 0.2) is 0 Å². The van der Waals surface area contributed by atoms with Gasteiger partial charge in [-0.2, -0.15) is 0 Å². The summed E-state index contributed by atoms with van der Waals surface area (Å²) < 4.78 is 0. The molecule has 2 atom stereocenters. The molecule has 1 saturated heterocycles. The van der Waals surface area contributed by atoms with Crippen LogP contribution in [0.2, 0.25) is 0 Å². The number of likely N-dealkylation sites (N-methyl/N-ethyl adjacent to an activating group) is 1. The summed E-state index contributed by atoms with van der Waals surface area (Å²) in [5.41, 5.74) is 5.74. The maximum absolute atomic E-state index is 12.3. The third-order valence-electron chi connectivity index (χ3n) is 3.80. The van der Waals surface area contributed by atoms with Crippen LogP contribution in [0.3, 0.4) is 0 Å². The van der Waals surface area contributed by atoms with Crippen LogP contribution in [0.4, 0.5) is 0 Å². The SMILES string of the molecule is CC(C)CCN1CCC(C)N(C)C(CN)C1=O. The summed E-state index contributed by atoms with van der Waals surface area (Å²) >= 11 is 0. The summed E-state index contributed by atoms with van der Waals surface area (Å²) in [6.07, 6.45) is 2.11. The molecule has 17 heavy (non-hydrogen) atoms. The van der Waals surface area contributed by atoms with Gasteiger partial charge in [0.2, 0.25) is 5.91 Å². The Morgan fingerprint density at radius 2 is 2.12 bits per heavy atom. The fourth-order valence-corrected chi connectivity index (χ4v) is 2.25. The average Bonchev–Trinajstić information content (AvgIpc) is 2.37. The first-order chi connectivity index (χ1) is 7.97. The van der Waals surface area contributed by atoms with E-state index in [-0.39, 0.29) is 11.9 Å².